The van der Waals surface area contributed by atoms with Gasteiger partial charge in [-0.1, -0.05) is 0 Å². The highest BCUT2D eigenvalue weighted by molar-refractivity contribution is 5.64. The number of halogens is 2. The predicted octanol–water partition coefficient (Wildman–Crippen LogP) is 2.84. The molecule has 0 saturated carbocycles. The molecule has 7 heteroatoms. The van der Waals surface area contributed by atoms with Gasteiger partial charge in [0.05, 0.1) is 17.7 Å². The van der Waals surface area contributed by atoms with Gasteiger partial charge in [-0.3, -0.25) is 0 Å². The lowest BCUT2D eigenvalue weighted by Gasteiger charge is -2.30. The summed E-state index contributed by atoms with van der Waals surface area (Å²) in [5.41, 5.74) is 4.67. The third kappa shape index (κ3) is 19.4. The summed E-state index contributed by atoms with van der Waals surface area (Å²) in [7, 11) is 0. The van der Waals surface area contributed by atoms with Crippen molar-refractivity contribution in [1.29, 1.82) is 0 Å². The van der Waals surface area contributed by atoms with Crippen LogP contribution in [0.2, 0.25) is 0 Å². The highest BCUT2D eigenvalue weighted by Crippen LogP contribution is 2.18. The number of hydrogen-bond acceptors (Lipinski definition) is 3. The van der Waals surface area contributed by atoms with Gasteiger partial charge in [0.2, 0.25) is 0 Å². The molecule has 0 unspecified atom stereocenters. The number of alkyl halides is 2. The predicted molar refractivity (Wildman–Crippen MR) is 75.2 cm³/mol. The quantitative estimate of drug-likeness (QED) is 0.745. The Labute approximate surface area is 119 Å². The van der Waals surface area contributed by atoms with Crippen molar-refractivity contribution < 1.29 is 23.4 Å². The topological polar surface area (TPSA) is 84.6 Å². The van der Waals surface area contributed by atoms with Gasteiger partial charge in [0, 0.05) is 13.0 Å². The van der Waals surface area contributed by atoms with Crippen LogP contribution >= 0.6 is 0 Å². The van der Waals surface area contributed by atoms with Gasteiger partial charge in [-0.2, -0.15) is 0 Å². The summed E-state index contributed by atoms with van der Waals surface area (Å²) >= 11 is 0. The van der Waals surface area contributed by atoms with E-state index in [1.807, 2.05) is 5.32 Å². The molecule has 1 amide bonds. The lowest BCUT2D eigenvalue weighted by molar-refractivity contribution is -0.102. The van der Waals surface area contributed by atoms with Crippen LogP contribution in [0.15, 0.2) is 0 Å². The molecule has 0 aromatic rings. The molecule has 5 nitrogen and oxygen atoms in total. The second-order valence-corrected chi connectivity index (χ2v) is 6.37. The zero-order valence-corrected chi connectivity index (χ0v) is 13.2. The number of amides is 1. The van der Waals surface area contributed by atoms with E-state index in [1.165, 1.54) is 0 Å². The minimum atomic E-state index is -2.97. The number of rotatable bonds is 4. The van der Waals surface area contributed by atoms with Crippen LogP contribution in [0.4, 0.5) is 13.6 Å². The van der Waals surface area contributed by atoms with Crippen LogP contribution in [0.1, 0.15) is 48.0 Å². The van der Waals surface area contributed by atoms with Crippen LogP contribution < -0.4 is 11.1 Å². The summed E-state index contributed by atoms with van der Waals surface area (Å²) in [4.78, 5) is 9.79. The molecule has 0 aliphatic heterocycles. The second kappa shape index (κ2) is 8.36. The summed E-state index contributed by atoms with van der Waals surface area (Å²) in [6, 6.07) is 0. The van der Waals surface area contributed by atoms with E-state index < -0.39 is 25.0 Å². The van der Waals surface area contributed by atoms with Crippen LogP contribution in [0, 0.1) is 0 Å². The standard InChI is InChI=1S/C8H18O.C5H10F2N2O2/c1-7(2,3)9-8(4,5)6;6-5(7,3-8)1-2-9-4(10)11/h1-6H3;9H,1-3,8H2,(H,10,11). The van der Waals surface area contributed by atoms with Crippen molar-refractivity contribution in [2.45, 2.75) is 65.1 Å². The molecule has 20 heavy (non-hydrogen) atoms. The molecule has 0 atom stereocenters. The SMILES string of the molecule is CC(C)(C)OC(C)(C)C.NCC(F)(F)CCNC(=O)O. The van der Waals surface area contributed by atoms with E-state index in [0.717, 1.165) is 0 Å². The molecule has 122 valence electrons. The van der Waals surface area contributed by atoms with Gasteiger partial charge in [0.25, 0.3) is 5.92 Å². The lowest BCUT2D eigenvalue weighted by Crippen LogP contribution is -2.33. The van der Waals surface area contributed by atoms with Crippen molar-refractivity contribution in [3.63, 3.8) is 0 Å². The zero-order chi connectivity index (χ0) is 16.6. The minimum Gasteiger partial charge on any atom is -0.465 e. The van der Waals surface area contributed by atoms with Crippen LogP contribution in [0.25, 0.3) is 0 Å². The Morgan fingerprint density at radius 2 is 1.55 bits per heavy atom. The Balaban J connectivity index is 0. The largest absolute Gasteiger partial charge is 0.465 e. The van der Waals surface area contributed by atoms with Crippen molar-refractivity contribution in [3.05, 3.63) is 0 Å². The van der Waals surface area contributed by atoms with Crippen LogP contribution in [-0.2, 0) is 4.74 Å². The zero-order valence-electron chi connectivity index (χ0n) is 13.2. The molecule has 0 bridgehead atoms. The van der Waals surface area contributed by atoms with Crippen molar-refractivity contribution in [3.8, 4) is 0 Å². The molecule has 0 aromatic heterocycles. The molecule has 0 aliphatic carbocycles. The summed E-state index contributed by atoms with van der Waals surface area (Å²) in [6.07, 6.45) is -1.87. The van der Waals surface area contributed by atoms with Gasteiger partial charge >= 0.3 is 6.09 Å². The summed E-state index contributed by atoms with van der Waals surface area (Å²) in [6.45, 7) is 11.4. The van der Waals surface area contributed by atoms with E-state index in [-0.39, 0.29) is 17.7 Å². The van der Waals surface area contributed by atoms with Gasteiger partial charge in [-0.05, 0) is 41.5 Å². The maximum atomic E-state index is 12.2. The fraction of sp³-hybridized carbons (Fsp3) is 0.923. The molecule has 0 heterocycles. The molecule has 0 aliphatic rings. The van der Waals surface area contributed by atoms with E-state index in [4.69, 9.17) is 15.6 Å². The third-order valence-corrected chi connectivity index (χ3v) is 1.68. The average Bonchev–Trinajstić information content (AvgIpc) is 2.11. The number of hydrogen-bond donors (Lipinski definition) is 3. The second-order valence-electron chi connectivity index (χ2n) is 6.37. The van der Waals surface area contributed by atoms with Gasteiger partial charge in [-0.25, -0.2) is 13.6 Å². The fourth-order valence-electron chi connectivity index (χ4n) is 1.37. The number of nitrogens with two attached hydrogens (primary N) is 1. The van der Waals surface area contributed by atoms with Crippen LogP contribution in [0.5, 0.6) is 0 Å². The number of nitrogens with one attached hydrogen (secondary N) is 1. The molecule has 0 saturated heterocycles. The molecule has 4 N–H and O–H groups in total. The molecule has 0 spiro atoms. The number of ether oxygens (including phenoxy) is 1. The molecule has 0 rings (SSSR count). The number of carbonyl (C=O) groups is 1. The van der Waals surface area contributed by atoms with E-state index in [2.05, 4.69) is 41.5 Å². The molecule has 0 aromatic carbocycles. The van der Waals surface area contributed by atoms with Crippen LogP contribution in [-0.4, -0.2) is 41.4 Å². The van der Waals surface area contributed by atoms with E-state index in [0.29, 0.717) is 0 Å². The highest BCUT2D eigenvalue weighted by Gasteiger charge is 2.25. The van der Waals surface area contributed by atoms with Gasteiger partial charge in [0.15, 0.2) is 0 Å². The molecule has 0 fully saturated rings. The monoisotopic (exact) mass is 298 g/mol. The first-order valence-corrected chi connectivity index (χ1v) is 6.43. The van der Waals surface area contributed by atoms with E-state index in [1.54, 1.807) is 0 Å². The van der Waals surface area contributed by atoms with Gasteiger partial charge in [-0.15, -0.1) is 0 Å². The van der Waals surface area contributed by atoms with Crippen molar-refractivity contribution >= 4 is 6.09 Å². The molecular weight excluding hydrogens is 270 g/mol. The number of carboxylic acid groups (broad SMARTS) is 1. The van der Waals surface area contributed by atoms with Crippen molar-refractivity contribution in [1.82, 2.24) is 5.32 Å². The lowest BCUT2D eigenvalue weighted by atomic mass is 10.1. The van der Waals surface area contributed by atoms with Crippen LogP contribution in [0.3, 0.4) is 0 Å². The maximum absolute atomic E-state index is 12.2. The van der Waals surface area contributed by atoms with E-state index in [9.17, 15) is 13.6 Å². The summed E-state index contributed by atoms with van der Waals surface area (Å²) < 4.78 is 30.1. The first-order chi connectivity index (χ1) is 8.68. The Kier molecular flexibility index (Phi) is 8.93. The molecular formula is C13H28F2N2O3. The first kappa shape index (κ1) is 21.4. The Hall–Kier alpha value is -0.950. The smallest absolute Gasteiger partial charge is 0.404 e. The first-order valence-electron chi connectivity index (χ1n) is 6.43. The third-order valence-electron chi connectivity index (χ3n) is 1.68. The fourth-order valence-corrected chi connectivity index (χ4v) is 1.37. The van der Waals surface area contributed by atoms with Crippen molar-refractivity contribution in [2.24, 2.45) is 5.73 Å². The summed E-state index contributed by atoms with van der Waals surface area (Å²) in [5.74, 6) is -2.97. The Morgan fingerprint density at radius 3 is 1.75 bits per heavy atom. The average molecular weight is 298 g/mol. The summed E-state index contributed by atoms with van der Waals surface area (Å²) in [5, 5.41) is 9.81. The Bertz CT molecular complexity index is 272. The van der Waals surface area contributed by atoms with E-state index >= 15 is 0 Å². The highest BCUT2D eigenvalue weighted by atomic mass is 19.3. The van der Waals surface area contributed by atoms with Gasteiger partial charge in [0.1, 0.15) is 0 Å². The normalized spacial score (nSPS) is 12.4. The molecule has 0 radical (unpaired) electrons. The Morgan fingerprint density at radius 1 is 1.15 bits per heavy atom. The van der Waals surface area contributed by atoms with Gasteiger partial charge < -0.3 is 20.9 Å². The minimum absolute atomic E-state index is 0.0156. The van der Waals surface area contributed by atoms with Crippen molar-refractivity contribution in [2.75, 3.05) is 13.1 Å². The maximum Gasteiger partial charge on any atom is 0.404 e.